The fourth-order valence-corrected chi connectivity index (χ4v) is 3.38. The van der Waals surface area contributed by atoms with Crippen LogP contribution >= 0.6 is 0 Å². The number of amides is 1. The molecule has 3 N–H and O–H groups in total. The van der Waals surface area contributed by atoms with Crippen LogP contribution in [0.4, 0.5) is 11.8 Å². The maximum absolute atomic E-state index is 12.6. The van der Waals surface area contributed by atoms with Crippen molar-refractivity contribution in [2.24, 2.45) is 0 Å². The lowest BCUT2D eigenvalue weighted by atomic mass is 9.85. The van der Waals surface area contributed by atoms with Crippen LogP contribution in [-0.4, -0.2) is 36.0 Å². The Kier molecular flexibility index (Phi) is 5.14. The molecule has 0 bridgehead atoms. The minimum Gasteiger partial charge on any atom is -0.408 e. The molecule has 0 radical (unpaired) electrons. The molecule has 1 fully saturated rings. The first-order valence-electron chi connectivity index (χ1n) is 10.5. The van der Waals surface area contributed by atoms with Crippen LogP contribution in [0.25, 0.3) is 11.0 Å². The zero-order chi connectivity index (χ0) is 22.9. The number of nitrogens with zero attached hydrogens (tertiary/aromatic N) is 6. The molecule has 1 aliphatic carbocycles. The van der Waals surface area contributed by atoms with Crippen LogP contribution in [0.1, 0.15) is 63.9 Å². The summed E-state index contributed by atoms with van der Waals surface area (Å²) in [4.78, 5) is 30.0. The second-order valence-electron chi connectivity index (χ2n) is 7.89. The van der Waals surface area contributed by atoms with Crippen molar-refractivity contribution in [1.82, 2.24) is 30.1 Å². The highest BCUT2D eigenvalue weighted by Gasteiger charge is 2.25. The molecule has 1 saturated carbocycles. The van der Waals surface area contributed by atoms with Crippen molar-refractivity contribution in [3.05, 3.63) is 58.6 Å². The summed E-state index contributed by atoms with van der Waals surface area (Å²) < 4.78 is 5.55. The lowest BCUT2D eigenvalue weighted by molar-refractivity contribution is 0.102. The Balaban J connectivity index is 1.39. The van der Waals surface area contributed by atoms with Gasteiger partial charge in [0.1, 0.15) is 16.9 Å². The predicted octanol–water partition coefficient (Wildman–Crippen LogP) is 2.92. The molecule has 1 amide bonds. The molecule has 4 aromatic heterocycles. The summed E-state index contributed by atoms with van der Waals surface area (Å²) in [6, 6.07) is 1.69. The minimum absolute atomic E-state index is 0.0669. The van der Waals surface area contributed by atoms with Crippen LogP contribution in [0, 0.1) is 25.7 Å². The quantitative estimate of drug-likeness (QED) is 0.459. The highest BCUT2D eigenvalue weighted by Crippen LogP contribution is 2.35. The van der Waals surface area contributed by atoms with Crippen molar-refractivity contribution in [2.75, 3.05) is 11.1 Å². The van der Waals surface area contributed by atoms with Gasteiger partial charge < -0.3 is 10.2 Å². The third-order valence-corrected chi connectivity index (χ3v) is 5.60. The van der Waals surface area contributed by atoms with Crippen LogP contribution in [0.5, 0.6) is 0 Å². The number of aromatic nitrogens is 6. The van der Waals surface area contributed by atoms with Crippen molar-refractivity contribution in [3.8, 4) is 11.8 Å². The van der Waals surface area contributed by atoms with Crippen molar-refractivity contribution >= 4 is 28.8 Å². The third kappa shape index (κ3) is 4.08. The number of carbonyl (C=O) groups excluding carboxylic acids is 1. The van der Waals surface area contributed by atoms with E-state index in [0.29, 0.717) is 33.6 Å². The molecule has 10 nitrogen and oxygen atoms in total. The molecule has 4 heterocycles. The zero-order valence-corrected chi connectivity index (χ0v) is 18.1. The van der Waals surface area contributed by atoms with E-state index in [9.17, 15) is 4.79 Å². The predicted molar refractivity (Wildman–Crippen MR) is 120 cm³/mol. The Bertz CT molecular complexity index is 1450. The number of nitrogens with one attached hydrogen (secondary N) is 1. The largest absolute Gasteiger partial charge is 0.408 e. The maximum atomic E-state index is 12.6. The number of carbonyl (C=O) groups is 1. The fourth-order valence-electron chi connectivity index (χ4n) is 3.38. The van der Waals surface area contributed by atoms with E-state index in [2.05, 4.69) is 47.3 Å². The van der Waals surface area contributed by atoms with Crippen LogP contribution in [0.2, 0.25) is 0 Å². The summed E-state index contributed by atoms with van der Waals surface area (Å²) in [7, 11) is 0. The summed E-state index contributed by atoms with van der Waals surface area (Å²) in [6.45, 7) is 3.76. The molecule has 1 aliphatic rings. The highest BCUT2D eigenvalue weighted by molar-refractivity contribution is 6.03. The first-order chi connectivity index (χ1) is 16.0. The number of hydrogen-bond donors (Lipinski definition) is 2. The molecule has 10 heteroatoms. The van der Waals surface area contributed by atoms with Crippen LogP contribution in [-0.2, 0) is 0 Å². The van der Waals surface area contributed by atoms with Gasteiger partial charge in [0.25, 0.3) is 5.91 Å². The lowest BCUT2D eigenvalue weighted by Crippen LogP contribution is -2.12. The highest BCUT2D eigenvalue weighted by atomic mass is 16.4. The Labute approximate surface area is 189 Å². The Morgan fingerprint density at radius 3 is 2.73 bits per heavy atom. The van der Waals surface area contributed by atoms with Crippen LogP contribution < -0.4 is 11.1 Å². The van der Waals surface area contributed by atoms with E-state index in [1.54, 1.807) is 18.5 Å². The molecular formula is C23H20N8O2. The van der Waals surface area contributed by atoms with Crippen molar-refractivity contribution in [2.45, 2.75) is 39.0 Å². The molecule has 0 spiro atoms. The molecular weight excluding hydrogens is 420 g/mol. The number of anilines is 2. The zero-order valence-electron chi connectivity index (χ0n) is 18.1. The smallest absolute Gasteiger partial charge is 0.322 e. The summed E-state index contributed by atoms with van der Waals surface area (Å²) in [5, 5.41) is 10.5. The minimum atomic E-state index is -0.418. The number of nitrogen functional groups attached to an aromatic ring is 1. The number of nitrogens with two attached hydrogens (primary N) is 1. The number of hydrogen-bond acceptors (Lipinski definition) is 9. The standard InChI is InChI=1S/C23H20N8O2/c1-12-13(2)28-19-17(20(24)26-11-18(19)27-12)7-6-14-8-16(10-25-9-14)21(32)29-23-31-30-22(33-23)15-4-3-5-15/h8-11,15H,3-5H2,1-2H3,(H2,24,26)(H,29,31,32). The van der Waals surface area contributed by atoms with Gasteiger partial charge in [-0.15, -0.1) is 5.10 Å². The van der Waals surface area contributed by atoms with Gasteiger partial charge in [-0.1, -0.05) is 23.4 Å². The first-order valence-corrected chi connectivity index (χ1v) is 10.5. The lowest BCUT2D eigenvalue weighted by Gasteiger charge is -2.20. The monoisotopic (exact) mass is 440 g/mol. The van der Waals surface area contributed by atoms with E-state index >= 15 is 0 Å². The maximum Gasteiger partial charge on any atom is 0.322 e. The Morgan fingerprint density at radius 2 is 1.94 bits per heavy atom. The first kappa shape index (κ1) is 20.5. The Morgan fingerprint density at radius 1 is 1.12 bits per heavy atom. The third-order valence-electron chi connectivity index (χ3n) is 5.60. The van der Waals surface area contributed by atoms with E-state index in [1.165, 1.54) is 6.20 Å². The fraction of sp³-hybridized carbons (Fsp3) is 0.261. The molecule has 0 atom stereocenters. The van der Waals surface area contributed by atoms with Gasteiger partial charge in [-0.3, -0.25) is 15.1 Å². The van der Waals surface area contributed by atoms with Crippen LogP contribution in [0.15, 0.2) is 29.1 Å². The average Bonchev–Trinajstić information content (AvgIpc) is 3.21. The van der Waals surface area contributed by atoms with E-state index in [-0.39, 0.29) is 17.8 Å². The van der Waals surface area contributed by atoms with Gasteiger partial charge in [0.05, 0.1) is 28.7 Å². The second kappa shape index (κ2) is 8.27. The van der Waals surface area contributed by atoms with Gasteiger partial charge in [0, 0.05) is 23.9 Å². The number of rotatable bonds is 3. The molecule has 0 saturated heterocycles. The molecule has 33 heavy (non-hydrogen) atoms. The summed E-state index contributed by atoms with van der Waals surface area (Å²) in [5.74, 6) is 6.69. The van der Waals surface area contributed by atoms with Gasteiger partial charge in [-0.2, -0.15) is 0 Å². The van der Waals surface area contributed by atoms with Crippen LogP contribution in [0.3, 0.4) is 0 Å². The SMILES string of the molecule is Cc1nc2cnc(N)c(C#Cc3cncc(C(=O)Nc4nnc(C5CCC5)o4)c3)c2nc1C. The molecule has 0 aliphatic heterocycles. The molecule has 164 valence electrons. The molecule has 5 rings (SSSR count). The Hall–Kier alpha value is -4.39. The number of pyridine rings is 2. The van der Waals surface area contributed by atoms with Gasteiger partial charge >= 0.3 is 6.01 Å². The molecule has 0 aromatic carbocycles. The molecule has 0 unspecified atom stereocenters. The van der Waals surface area contributed by atoms with E-state index in [0.717, 1.165) is 30.7 Å². The number of fused-ring (bicyclic) bond motifs is 1. The van der Waals surface area contributed by atoms with Crippen molar-refractivity contribution < 1.29 is 9.21 Å². The van der Waals surface area contributed by atoms with Crippen molar-refractivity contribution in [3.63, 3.8) is 0 Å². The van der Waals surface area contributed by atoms with Gasteiger partial charge in [0.15, 0.2) is 0 Å². The number of aryl methyl sites for hydroxylation is 2. The second-order valence-corrected chi connectivity index (χ2v) is 7.89. The summed E-state index contributed by atoms with van der Waals surface area (Å²) >= 11 is 0. The average molecular weight is 440 g/mol. The van der Waals surface area contributed by atoms with E-state index in [4.69, 9.17) is 10.2 Å². The van der Waals surface area contributed by atoms with Gasteiger partial charge in [-0.25, -0.2) is 15.0 Å². The van der Waals surface area contributed by atoms with E-state index in [1.807, 2.05) is 13.8 Å². The summed E-state index contributed by atoms with van der Waals surface area (Å²) in [5.41, 5.74) is 10.2. The summed E-state index contributed by atoms with van der Waals surface area (Å²) in [6.07, 6.45) is 7.79. The molecule has 4 aromatic rings. The van der Waals surface area contributed by atoms with Gasteiger partial charge in [0.2, 0.25) is 5.89 Å². The van der Waals surface area contributed by atoms with Crippen molar-refractivity contribution in [1.29, 1.82) is 0 Å². The van der Waals surface area contributed by atoms with Gasteiger partial charge in [-0.05, 0) is 32.8 Å². The normalized spacial score (nSPS) is 13.3. The van der Waals surface area contributed by atoms with E-state index < -0.39 is 5.91 Å². The topological polar surface area (TPSA) is 146 Å².